The van der Waals surface area contributed by atoms with Crippen molar-refractivity contribution >= 4 is 39.2 Å². The summed E-state index contributed by atoms with van der Waals surface area (Å²) in [5, 5.41) is 12.2. The average Bonchev–Trinajstić information content (AvgIpc) is 2.94. The summed E-state index contributed by atoms with van der Waals surface area (Å²) < 4.78 is 0. The predicted molar refractivity (Wildman–Crippen MR) is 88.0 cm³/mol. The number of hydrogen-bond donors (Lipinski definition) is 3. The van der Waals surface area contributed by atoms with E-state index >= 15 is 0 Å². The van der Waals surface area contributed by atoms with Gasteiger partial charge in [-0.3, -0.25) is 4.79 Å². The first-order valence-electron chi connectivity index (χ1n) is 7.24. The normalized spacial score (nSPS) is 10.6. The first-order valence-corrected chi connectivity index (χ1v) is 8.12. The number of anilines is 2. The number of hydrogen-bond acceptors (Lipinski definition) is 6. The maximum Gasteiger partial charge on any atom is 0.226 e. The van der Waals surface area contributed by atoms with Gasteiger partial charge in [-0.1, -0.05) is 6.92 Å². The smallest absolute Gasteiger partial charge is 0.226 e. The van der Waals surface area contributed by atoms with Gasteiger partial charge in [0.05, 0.1) is 5.39 Å². The Labute approximate surface area is 128 Å². The summed E-state index contributed by atoms with van der Waals surface area (Å²) in [5.74, 6) is 1.46. The van der Waals surface area contributed by atoms with Crippen molar-refractivity contribution in [2.24, 2.45) is 0 Å². The molecule has 2 heterocycles. The molecule has 3 N–H and O–H groups in total. The van der Waals surface area contributed by atoms with Crippen LogP contribution in [0.2, 0.25) is 0 Å². The van der Waals surface area contributed by atoms with Crippen molar-refractivity contribution in [3.05, 3.63) is 11.4 Å². The Hall–Kier alpha value is -1.89. The first kappa shape index (κ1) is 15.5. The Kier molecular flexibility index (Phi) is 5.74. The molecule has 0 aliphatic carbocycles. The zero-order chi connectivity index (χ0) is 15.1. The molecule has 0 unspecified atom stereocenters. The van der Waals surface area contributed by atoms with Crippen LogP contribution in [0.1, 0.15) is 26.7 Å². The maximum atomic E-state index is 11.5. The monoisotopic (exact) mass is 307 g/mol. The number of carbonyl (C=O) groups excluding carboxylic acids is 1. The van der Waals surface area contributed by atoms with Crippen LogP contribution in [0.3, 0.4) is 0 Å². The minimum absolute atomic E-state index is 0.0463. The van der Waals surface area contributed by atoms with Gasteiger partial charge < -0.3 is 16.0 Å². The number of amides is 1. The zero-order valence-corrected chi connectivity index (χ0v) is 13.2. The largest absolute Gasteiger partial charge is 0.369 e. The van der Waals surface area contributed by atoms with Crippen LogP contribution in [0, 0.1) is 0 Å². The number of rotatable bonds is 8. The molecular formula is C14H21N5OS. The third kappa shape index (κ3) is 4.29. The summed E-state index contributed by atoms with van der Waals surface area (Å²) in [5.41, 5.74) is 0. The Bertz CT molecular complexity index is 598. The van der Waals surface area contributed by atoms with Crippen LogP contribution in [0.15, 0.2) is 11.4 Å². The fraction of sp³-hybridized carbons (Fsp3) is 0.500. The van der Waals surface area contributed by atoms with E-state index < -0.39 is 0 Å². The predicted octanol–water partition coefficient (Wildman–Crippen LogP) is 2.45. The van der Waals surface area contributed by atoms with E-state index in [0.29, 0.717) is 25.5 Å². The minimum Gasteiger partial charge on any atom is -0.369 e. The number of thiophene rings is 1. The Balaban J connectivity index is 2.06. The lowest BCUT2D eigenvalue weighted by molar-refractivity contribution is -0.120. The summed E-state index contributed by atoms with van der Waals surface area (Å²) in [6.07, 6.45) is 1.45. The number of aromatic nitrogens is 2. The number of fused-ring (bicyclic) bond motifs is 1. The van der Waals surface area contributed by atoms with E-state index in [2.05, 4.69) is 32.8 Å². The quantitative estimate of drug-likeness (QED) is 0.698. The van der Waals surface area contributed by atoms with E-state index in [4.69, 9.17) is 0 Å². The van der Waals surface area contributed by atoms with Gasteiger partial charge in [0, 0.05) is 26.1 Å². The SMILES string of the molecule is CCCNc1nc(NCCC(=O)NCC)c2ccsc2n1. The lowest BCUT2D eigenvalue weighted by Crippen LogP contribution is -2.24. The molecular weight excluding hydrogens is 286 g/mol. The molecule has 0 aromatic carbocycles. The van der Waals surface area contributed by atoms with E-state index in [-0.39, 0.29) is 5.91 Å². The molecule has 0 spiro atoms. The van der Waals surface area contributed by atoms with Gasteiger partial charge in [0.1, 0.15) is 10.6 Å². The van der Waals surface area contributed by atoms with Gasteiger partial charge >= 0.3 is 0 Å². The van der Waals surface area contributed by atoms with Crippen LogP contribution < -0.4 is 16.0 Å². The van der Waals surface area contributed by atoms with Crippen molar-refractivity contribution < 1.29 is 4.79 Å². The molecule has 6 nitrogen and oxygen atoms in total. The highest BCUT2D eigenvalue weighted by Crippen LogP contribution is 2.26. The summed E-state index contributed by atoms with van der Waals surface area (Å²) in [6, 6.07) is 2.00. The van der Waals surface area contributed by atoms with E-state index in [1.807, 2.05) is 18.4 Å². The molecule has 0 bridgehead atoms. The highest BCUT2D eigenvalue weighted by molar-refractivity contribution is 7.16. The van der Waals surface area contributed by atoms with E-state index in [1.54, 1.807) is 11.3 Å². The second-order valence-electron chi connectivity index (χ2n) is 4.59. The van der Waals surface area contributed by atoms with Crippen molar-refractivity contribution in [3.63, 3.8) is 0 Å². The molecule has 114 valence electrons. The fourth-order valence-corrected chi connectivity index (χ4v) is 2.65. The highest BCUT2D eigenvalue weighted by atomic mass is 32.1. The van der Waals surface area contributed by atoms with Crippen molar-refractivity contribution in [1.29, 1.82) is 0 Å². The van der Waals surface area contributed by atoms with E-state index in [1.165, 1.54) is 0 Å². The molecule has 2 aromatic rings. The van der Waals surface area contributed by atoms with Crippen molar-refractivity contribution in [2.75, 3.05) is 30.3 Å². The Morgan fingerprint density at radius 1 is 1.24 bits per heavy atom. The third-order valence-electron chi connectivity index (χ3n) is 2.88. The average molecular weight is 307 g/mol. The van der Waals surface area contributed by atoms with Crippen molar-refractivity contribution in [1.82, 2.24) is 15.3 Å². The highest BCUT2D eigenvalue weighted by Gasteiger charge is 2.09. The van der Waals surface area contributed by atoms with Gasteiger partial charge in [-0.05, 0) is 24.8 Å². The number of nitrogens with one attached hydrogen (secondary N) is 3. The fourth-order valence-electron chi connectivity index (χ4n) is 1.89. The van der Waals surface area contributed by atoms with E-state index in [0.717, 1.165) is 29.0 Å². The topological polar surface area (TPSA) is 78.9 Å². The van der Waals surface area contributed by atoms with Crippen LogP contribution in [-0.2, 0) is 4.79 Å². The molecule has 0 aliphatic rings. The van der Waals surface area contributed by atoms with Gasteiger partial charge in [0.25, 0.3) is 0 Å². The van der Waals surface area contributed by atoms with Gasteiger partial charge in [0.2, 0.25) is 11.9 Å². The lowest BCUT2D eigenvalue weighted by Gasteiger charge is -2.09. The molecule has 0 atom stereocenters. The molecule has 21 heavy (non-hydrogen) atoms. The summed E-state index contributed by atoms with van der Waals surface area (Å²) in [6.45, 7) is 6.07. The van der Waals surface area contributed by atoms with Crippen LogP contribution in [-0.4, -0.2) is 35.5 Å². The van der Waals surface area contributed by atoms with Crippen molar-refractivity contribution in [3.8, 4) is 0 Å². The number of carbonyl (C=O) groups is 1. The summed E-state index contributed by atoms with van der Waals surface area (Å²) >= 11 is 1.59. The van der Waals surface area contributed by atoms with Crippen LogP contribution >= 0.6 is 11.3 Å². The van der Waals surface area contributed by atoms with Crippen LogP contribution in [0.4, 0.5) is 11.8 Å². The molecule has 0 fully saturated rings. The first-order chi connectivity index (χ1) is 10.2. The molecule has 0 saturated carbocycles. The molecule has 0 radical (unpaired) electrons. The van der Waals surface area contributed by atoms with Crippen LogP contribution in [0.5, 0.6) is 0 Å². The lowest BCUT2D eigenvalue weighted by atomic mass is 10.3. The Morgan fingerprint density at radius 3 is 2.86 bits per heavy atom. The third-order valence-corrected chi connectivity index (χ3v) is 3.68. The molecule has 7 heteroatoms. The maximum absolute atomic E-state index is 11.5. The molecule has 2 rings (SSSR count). The molecule has 0 aliphatic heterocycles. The number of nitrogens with zero attached hydrogens (tertiary/aromatic N) is 2. The van der Waals surface area contributed by atoms with Crippen LogP contribution in [0.25, 0.3) is 10.2 Å². The molecule has 2 aromatic heterocycles. The second kappa shape index (κ2) is 7.78. The van der Waals surface area contributed by atoms with E-state index in [9.17, 15) is 4.79 Å². The second-order valence-corrected chi connectivity index (χ2v) is 5.49. The zero-order valence-electron chi connectivity index (χ0n) is 12.4. The van der Waals surface area contributed by atoms with Gasteiger partial charge in [-0.15, -0.1) is 11.3 Å². The molecule has 1 amide bonds. The summed E-state index contributed by atoms with van der Waals surface area (Å²) in [7, 11) is 0. The summed E-state index contributed by atoms with van der Waals surface area (Å²) in [4.78, 5) is 21.4. The van der Waals surface area contributed by atoms with Gasteiger partial charge in [-0.25, -0.2) is 4.98 Å². The minimum atomic E-state index is 0.0463. The van der Waals surface area contributed by atoms with Gasteiger partial charge in [0.15, 0.2) is 0 Å². The Morgan fingerprint density at radius 2 is 2.10 bits per heavy atom. The van der Waals surface area contributed by atoms with Gasteiger partial charge in [-0.2, -0.15) is 4.98 Å². The molecule has 0 saturated heterocycles. The van der Waals surface area contributed by atoms with Crippen molar-refractivity contribution in [2.45, 2.75) is 26.7 Å². The standard InChI is InChI=1S/C14H21N5OS/c1-3-7-17-14-18-12(10-6-9-21-13(10)19-14)16-8-5-11(20)15-4-2/h6,9H,3-5,7-8H2,1-2H3,(H,15,20)(H2,16,17,18,19).